The highest BCUT2D eigenvalue weighted by Crippen LogP contribution is 2.21. The molecule has 3 nitrogen and oxygen atoms in total. The fourth-order valence-corrected chi connectivity index (χ4v) is 1.34. The summed E-state index contributed by atoms with van der Waals surface area (Å²) in [6.45, 7) is 7.29. The lowest BCUT2D eigenvalue weighted by molar-refractivity contribution is -0.130. The van der Waals surface area contributed by atoms with Crippen LogP contribution in [0.5, 0.6) is 5.75 Å². The molecule has 0 spiro atoms. The highest BCUT2D eigenvalue weighted by molar-refractivity contribution is 5.82. The molecule has 0 aromatic heterocycles. The Balaban J connectivity index is 2.94. The number of hydrogen-bond acceptors (Lipinski definition) is 2. The van der Waals surface area contributed by atoms with Gasteiger partial charge in [-0.05, 0) is 51.0 Å². The van der Waals surface area contributed by atoms with Crippen molar-refractivity contribution >= 4 is 5.91 Å². The molecule has 0 radical (unpaired) electrons. The molecule has 0 atom stereocenters. The van der Waals surface area contributed by atoms with Crippen molar-refractivity contribution in [1.29, 1.82) is 0 Å². The van der Waals surface area contributed by atoms with Crippen LogP contribution < -0.4 is 10.5 Å². The van der Waals surface area contributed by atoms with Crippen molar-refractivity contribution in [2.45, 2.75) is 33.3 Å². The molecule has 0 aliphatic carbocycles. The molecule has 2 N–H and O–H groups in total. The lowest BCUT2D eigenvalue weighted by Crippen LogP contribution is -2.43. The summed E-state index contributed by atoms with van der Waals surface area (Å²) in [5.74, 6) is 0.206. The van der Waals surface area contributed by atoms with Crippen LogP contribution in [0.2, 0.25) is 0 Å². The molecule has 0 bridgehead atoms. The quantitative estimate of drug-likeness (QED) is 0.823. The summed E-state index contributed by atoms with van der Waals surface area (Å²) in [5, 5.41) is 0. The molecule has 15 heavy (non-hydrogen) atoms. The first-order valence-corrected chi connectivity index (χ1v) is 4.88. The third-order valence-electron chi connectivity index (χ3n) is 2.16. The zero-order valence-corrected chi connectivity index (χ0v) is 9.63. The fraction of sp³-hybridized carbons (Fsp3) is 0.417. The van der Waals surface area contributed by atoms with E-state index in [0.717, 1.165) is 11.1 Å². The van der Waals surface area contributed by atoms with Crippen molar-refractivity contribution < 1.29 is 9.53 Å². The van der Waals surface area contributed by atoms with Gasteiger partial charge in [0.2, 0.25) is 0 Å². The maximum atomic E-state index is 11.1. The van der Waals surface area contributed by atoms with E-state index in [0.29, 0.717) is 5.75 Å². The molecular formula is C12H17NO2. The van der Waals surface area contributed by atoms with E-state index in [1.54, 1.807) is 13.8 Å². The third kappa shape index (κ3) is 2.98. The molecule has 82 valence electrons. The Labute approximate surface area is 90.2 Å². The first-order chi connectivity index (χ1) is 6.81. The van der Waals surface area contributed by atoms with Gasteiger partial charge >= 0.3 is 0 Å². The second-order valence-electron chi connectivity index (χ2n) is 4.30. The average Bonchev–Trinajstić information content (AvgIpc) is 1.99. The Morgan fingerprint density at radius 1 is 1.20 bits per heavy atom. The summed E-state index contributed by atoms with van der Waals surface area (Å²) in [6, 6.07) is 5.82. The van der Waals surface area contributed by atoms with E-state index in [1.807, 2.05) is 32.0 Å². The average molecular weight is 207 g/mol. The molecule has 1 aromatic rings. The third-order valence-corrected chi connectivity index (χ3v) is 2.16. The van der Waals surface area contributed by atoms with Gasteiger partial charge in [-0.2, -0.15) is 0 Å². The Kier molecular flexibility index (Phi) is 3.03. The van der Waals surface area contributed by atoms with Crippen molar-refractivity contribution in [3.63, 3.8) is 0 Å². The van der Waals surface area contributed by atoms with Crippen LogP contribution in [-0.2, 0) is 4.79 Å². The first kappa shape index (κ1) is 11.6. The predicted molar refractivity (Wildman–Crippen MR) is 59.8 cm³/mol. The molecule has 0 unspecified atom stereocenters. The zero-order chi connectivity index (χ0) is 11.6. The predicted octanol–water partition coefficient (Wildman–Crippen LogP) is 1.95. The molecular weight excluding hydrogens is 190 g/mol. The number of ether oxygens (including phenoxy) is 1. The first-order valence-electron chi connectivity index (χ1n) is 4.88. The summed E-state index contributed by atoms with van der Waals surface area (Å²) in [4.78, 5) is 11.1. The molecule has 0 aliphatic heterocycles. The molecule has 1 aromatic carbocycles. The molecule has 3 heteroatoms. The van der Waals surface area contributed by atoms with E-state index < -0.39 is 11.5 Å². The van der Waals surface area contributed by atoms with Gasteiger partial charge in [0, 0.05) is 0 Å². The van der Waals surface area contributed by atoms with E-state index in [2.05, 4.69) is 0 Å². The van der Waals surface area contributed by atoms with Gasteiger partial charge in [0.1, 0.15) is 5.75 Å². The summed E-state index contributed by atoms with van der Waals surface area (Å²) in [5.41, 5.74) is 6.46. The smallest absolute Gasteiger partial charge is 0.261 e. The molecule has 0 aliphatic rings. The van der Waals surface area contributed by atoms with Crippen molar-refractivity contribution in [3.05, 3.63) is 29.3 Å². The lowest BCUT2D eigenvalue weighted by atomic mass is 10.1. The maximum Gasteiger partial charge on any atom is 0.261 e. The van der Waals surface area contributed by atoms with Crippen LogP contribution in [0, 0.1) is 13.8 Å². The zero-order valence-electron chi connectivity index (χ0n) is 9.63. The number of benzene rings is 1. The summed E-state index contributed by atoms with van der Waals surface area (Å²) >= 11 is 0. The molecule has 0 fully saturated rings. The van der Waals surface area contributed by atoms with Gasteiger partial charge in [-0.25, -0.2) is 0 Å². The van der Waals surface area contributed by atoms with Gasteiger partial charge in [-0.3, -0.25) is 4.79 Å². The van der Waals surface area contributed by atoms with Crippen LogP contribution in [-0.4, -0.2) is 11.5 Å². The van der Waals surface area contributed by atoms with Gasteiger partial charge in [-0.1, -0.05) is 6.07 Å². The summed E-state index contributed by atoms with van der Waals surface area (Å²) in [7, 11) is 0. The number of carbonyl (C=O) groups excluding carboxylic acids is 1. The molecule has 0 saturated heterocycles. The number of nitrogens with two attached hydrogens (primary N) is 1. The van der Waals surface area contributed by atoms with Gasteiger partial charge in [0.05, 0.1) is 0 Å². The lowest BCUT2D eigenvalue weighted by Gasteiger charge is -2.23. The van der Waals surface area contributed by atoms with Crippen LogP contribution in [0.3, 0.4) is 0 Å². The molecule has 1 amide bonds. The number of aryl methyl sites for hydroxylation is 2. The monoisotopic (exact) mass is 207 g/mol. The fourth-order valence-electron chi connectivity index (χ4n) is 1.34. The normalized spacial score (nSPS) is 11.2. The van der Waals surface area contributed by atoms with Gasteiger partial charge in [-0.15, -0.1) is 0 Å². The summed E-state index contributed by atoms with van der Waals surface area (Å²) in [6.07, 6.45) is 0. The Hall–Kier alpha value is -1.51. The minimum absolute atomic E-state index is 0.471. The molecule has 1 rings (SSSR count). The van der Waals surface area contributed by atoms with Crippen LogP contribution in [0.15, 0.2) is 18.2 Å². The van der Waals surface area contributed by atoms with Gasteiger partial charge in [0.25, 0.3) is 5.91 Å². The Bertz CT molecular complexity index is 363. The Morgan fingerprint density at radius 3 is 2.07 bits per heavy atom. The Morgan fingerprint density at radius 2 is 1.67 bits per heavy atom. The minimum Gasteiger partial charge on any atom is -0.478 e. The van der Waals surface area contributed by atoms with Crippen LogP contribution in [0.4, 0.5) is 0 Å². The maximum absolute atomic E-state index is 11.1. The highest BCUT2D eigenvalue weighted by Gasteiger charge is 2.27. The molecule has 0 heterocycles. The van der Waals surface area contributed by atoms with E-state index in [9.17, 15) is 4.79 Å². The summed E-state index contributed by atoms with van der Waals surface area (Å²) < 4.78 is 5.55. The second-order valence-corrected chi connectivity index (χ2v) is 4.30. The van der Waals surface area contributed by atoms with E-state index in [4.69, 9.17) is 10.5 Å². The molecule has 0 saturated carbocycles. The van der Waals surface area contributed by atoms with E-state index in [-0.39, 0.29) is 0 Å². The van der Waals surface area contributed by atoms with Crippen molar-refractivity contribution in [3.8, 4) is 5.75 Å². The van der Waals surface area contributed by atoms with Gasteiger partial charge < -0.3 is 10.5 Å². The topological polar surface area (TPSA) is 52.3 Å². The number of rotatable bonds is 3. The highest BCUT2D eigenvalue weighted by atomic mass is 16.5. The van der Waals surface area contributed by atoms with Crippen LogP contribution in [0.1, 0.15) is 25.0 Å². The van der Waals surface area contributed by atoms with Crippen LogP contribution in [0.25, 0.3) is 0 Å². The SMILES string of the molecule is Cc1cc(C)cc(OC(C)(C)C(N)=O)c1. The minimum atomic E-state index is -0.972. The number of carbonyl (C=O) groups is 1. The van der Waals surface area contributed by atoms with Crippen molar-refractivity contribution in [2.75, 3.05) is 0 Å². The standard InChI is InChI=1S/C12H17NO2/c1-8-5-9(2)7-10(6-8)15-12(3,4)11(13)14/h5-7H,1-4H3,(H2,13,14). The van der Waals surface area contributed by atoms with Crippen molar-refractivity contribution in [1.82, 2.24) is 0 Å². The second kappa shape index (κ2) is 3.93. The van der Waals surface area contributed by atoms with E-state index in [1.165, 1.54) is 0 Å². The number of primary amides is 1. The van der Waals surface area contributed by atoms with Crippen molar-refractivity contribution in [2.24, 2.45) is 5.73 Å². The van der Waals surface area contributed by atoms with Gasteiger partial charge in [0.15, 0.2) is 5.60 Å². The van der Waals surface area contributed by atoms with Crippen LogP contribution >= 0.6 is 0 Å². The van der Waals surface area contributed by atoms with E-state index >= 15 is 0 Å². The largest absolute Gasteiger partial charge is 0.478 e. The number of amides is 1. The number of hydrogen-bond donors (Lipinski definition) is 1.